The van der Waals surface area contributed by atoms with E-state index in [2.05, 4.69) is 10.4 Å². The zero-order valence-electron chi connectivity index (χ0n) is 17.5. The minimum Gasteiger partial charge on any atom is -0.383 e. The van der Waals surface area contributed by atoms with Gasteiger partial charge in [0, 0.05) is 23.3 Å². The normalized spacial score (nSPS) is 21.0. The topological polar surface area (TPSA) is 119 Å². The first-order chi connectivity index (χ1) is 14.4. The van der Waals surface area contributed by atoms with Gasteiger partial charge in [-0.05, 0) is 30.5 Å². The van der Waals surface area contributed by atoms with Crippen molar-refractivity contribution in [1.29, 1.82) is 0 Å². The van der Waals surface area contributed by atoms with E-state index in [9.17, 15) is 23.1 Å². The summed E-state index contributed by atoms with van der Waals surface area (Å²) in [5.41, 5.74) is 11.2. The second-order valence-corrected chi connectivity index (χ2v) is 8.62. The highest BCUT2D eigenvalue weighted by Crippen LogP contribution is 2.37. The van der Waals surface area contributed by atoms with Gasteiger partial charge in [-0.2, -0.15) is 18.3 Å². The molecular weight excluding hydrogens is 411 g/mol. The SMILES string of the molecule is CC(C)(c1ccc(Nc2nn([C@H]3CCCC[C@@H]3N)cc2C(N)=O)cc1)[C@H](O)C(F)(F)F. The van der Waals surface area contributed by atoms with E-state index >= 15 is 0 Å². The lowest BCUT2D eigenvalue weighted by Gasteiger charge is -2.32. The highest BCUT2D eigenvalue weighted by atomic mass is 19.4. The van der Waals surface area contributed by atoms with Gasteiger partial charge in [-0.3, -0.25) is 9.48 Å². The molecule has 170 valence electrons. The first kappa shape index (κ1) is 23.1. The van der Waals surface area contributed by atoms with Crippen molar-refractivity contribution in [2.45, 2.75) is 69.3 Å². The molecule has 31 heavy (non-hydrogen) atoms. The Morgan fingerprint density at radius 1 is 1.23 bits per heavy atom. The summed E-state index contributed by atoms with van der Waals surface area (Å²) in [6.07, 6.45) is -1.85. The molecule has 3 rings (SSSR count). The molecule has 3 atom stereocenters. The maximum absolute atomic E-state index is 13.0. The minimum atomic E-state index is -4.73. The molecule has 0 bridgehead atoms. The van der Waals surface area contributed by atoms with Crippen LogP contribution < -0.4 is 16.8 Å². The molecular formula is C21H28F3N5O2. The predicted octanol–water partition coefficient (Wildman–Crippen LogP) is 3.37. The van der Waals surface area contributed by atoms with Crippen molar-refractivity contribution < 1.29 is 23.1 Å². The predicted molar refractivity (Wildman–Crippen MR) is 111 cm³/mol. The number of aromatic nitrogens is 2. The first-order valence-electron chi connectivity index (χ1n) is 10.2. The summed E-state index contributed by atoms with van der Waals surface area (Å²) in [5.74, 6) is -0.392. The molecule has 1 aromatic carbocycles. The Balaban J connectivity index is 1.83. The lowest BCUT2D eigenvalue weighted by atomic mass is 9.79. The number of primary amides is 1. The second-order valence-electron chi connectivity index (χ2n) is 8.62. The van der Waals surface area contributed by atoms with Crippen LogP contribution in [0.1, 0.15) is 61.5 Å². The monoisotopic (exact) mass is 439 g/mol. The van der Waals surface area contributed by atoms with Crippen molar-refractivity contribution in [2.75, 3.05) is 5.32 Å². The number of nitrogens with zero attached hydrogens (tertiary/aromatic N) is 2. The van der Waals surface area contributed by atoms with Gasteiger partial charge < -0.3 is 21.9 Å². The fourth-order valence-corrected chi connectivity index (χ4v) is 3.99. The van der Waals surface area contributed by atoms with Gasteiger partial charge in [0.2, 0.25) is 0 Å². The van der Waals surface area contributed by atoms with Crippen LogP contribution in [0.25, 0.3) is 0 Å². The van der Waals surface area contributed by atoms with Gasteiger partial charge in [-0.1, -0.05) is 38.8 Å². The fourth-order valence-electron chi connectivity index (χ4n) is 3.99. The fraction of sp³-hybridized carbons (Fsp3) is 0.524. The third kappa shape index (κ3) is 4.85. The van der Waals surface area contributed by atoms with Crippen LogP contribution in [0.5, 0.6) is 0 Å². The quantitative estimate of drug-likeness (QED) is 0.550. The van der Waals surface area contributed by atoms with Gasteiger partial charge in [0.15, 0.2) is 11.9 Å². The van der Waals surface area contributed by atoms with Crippen LogP contribution in [0.15, 0.2) is 30.5 Å². The Bertz CT molecular complexity index is 924. The zero-order chi connectivity index (χ0) is 23.0. The van der Waals surface area contributed by atoms with Crippen LogP contribution in [0.4, 0.5) is 24.7 Å². The van der Waals surface area contributed by atoms with E-state index in [1.54, 1.807) is 23.0 Å². The van der Waals surface area contributed by atoms with Crippen molar-refractivity contribution in [1.82, 2.24) is 9.78 Å². The smallest absolute Gasteiger partial charge is 0.383 e. The Morgan fingerprint density at radius 3 is 2.39 bits per heavy atom. The van der Waals surface area contributed by atoms with Crippen LogP contribution in [0, 0.1) is 0 Å². The molecule has 1 fully saturated rings. The van der Waals surface area contributed by atoms with Crippen molar-refractivity contribution in [3.8, 4) is 0 Å². The van der Waals surface area contributed by atoms with Crippen LogP contribution in [-0.2, 0) is 5.41 Å². The molecule has 6 N–H and O–H groups in total. The molecule has 0 unspecified atom stereocenters. The highest BCUT2D eigenvalue weighted by Gasteiger charge is 2.48. The maximum Gasteiger partial charge on any atom is 0.415 e. The maximum atomic E-state index is 13.0. The lowest BCUT2D eigenvalue weighted by Crippen LogP contribution is -2.44. The molecule has 0 radical (unpaired) electrons. The second kappa shape index (κ2) is 8.51. The number of anilines is 2. The van der Waals surface area contributed by atoms with E-state index in [0.29, 0.717) is 11.3 Å². The van der Waals surface area contributed by atoms with Crippen LogP contribution in [0.3, 0.4) is 0 Å². The number of nitrogens with one attached hydrogen (secondary N) is 1. The number of alkyl halides is 3. The third-order valence-electron chi connectivity index (χ3n) is 6.00. The molecule has 1 amide bonds. The Morgan fingerprint density at radius 2 is 1.84 bits per heavy atom. The molecule has 7 nitrogen and oxygen atoms in total. The third-order valence-corrected chi connectivity index (χ3v) is 6.00. The largest absolute Gasteiger partial charge is 0.415 e. The van der Waals surface area contributed by atoms with Crippen molar-refractivity contribution in [3.05, 3.63) is 41.6 Å². The lowest BCUT2D eigenvalue weighted by molar-refractivity contribution is -0.221. The summed E-state index contributed by atoms with van der Waals surface area (Å²) in [6, 6.07) is 6.02. The van der Waals surface area contributed by atoms with Gasteiger partial charge >= 0.3 is 6.18 Å². The molecule has 1 aliphatic carbocycles. The van der Waals surface area contributed by atoms with Crippen LogP contribution in [0.2, 0.25) is 0 Å². The average Bonchev–Trinajstić information content (AvgIpc) is 3.11. The number of carbonyl (C=O) groups is 1. The minimum absolute atomic E-state index is 0.0329. The summed E-state index contributed by atoms with van der Waals surface area (Å²) in [4.78, 5) is 11.9. The molecule has 1 aliphatic rings. The number of hydrogen-bond acceptors (Lipinski definition) is 5. The summed E-state index contributed by atoms with van der Waals surface area (Å²) in [7, 11) is 0. The number of carbonyl (C=O) groups excluding carboxylic acids is 1. The number of aliphatic hydroxyl groups excluding tert-OH is 1. The molecule has 0 saturated heterocycles. The molecule has 2 aromatic rings. The van der Waals surface area contributed by atoms with E-state index in [0.717, 1.165) is 25.7 Å². The first-order valence-corrected chi connectivity index (χ1v) is 10.2. The molecule has 10 heteroatoms. The number of rotatable bonds is 6. The van der Waals surface area contributed by atoms with E-state index in [4.69, 9.17) is 11.5 Å². The Hall–Kier alpha value is -2.59. The van der Waals surface area contributed by atoms with E-state index in [-0.39, 0.29) is 23.5 Å². The molecule has 1 saturated carbocycles. The van der Waals surface area contributed by atoms with Gasteiger partial charge in [0.1, 0.15) is 5.56 Å². The van der Waals surface area contributed by atoms with Gasteiger partial charge in [0.25, 0.3) is 5.91 Å². The zero-order valence-corrected chi connectivity index (χ0v) is 17.5. The average molecular weight is 439 g/mol. The standard InChI is InChI=1S/C21H28F3N5O2/c1-20(2,19(31)21(22,23)24)12-7-9-13(10-8-12)27-18-14(17(26)30)11-29(28-18)16-6-4-3-5-15(16)25/h7-11,15-16,19,31H,3-6,25H2,1-2H3,(H2,26,30)(H,27,28)/t15-,16-,19-/m0/s1. The van der Waals surface area contributed by atoms with Gasteiger partial charge in [0.05, 0.1) is 6.04 Å². The summed E-state index contributed by atoms with van der Waals surface area (Å²) in [6.45, 7) is 2.65. The number of benzene rings is 1. The number of hydrogen-bond donors (Lipinski definition) is 4. The molecule has 1 aromatic heterocycles. The number of halogens is 3. The van der Waals surface area contributed by atoms with Crippen molar-refractivity contribution in [2.24, 2.45) is 11.5 Å². The molecule has 0 aliphatic heterocycles. The number of amides is 1. The Labute approximate surface area is 178 Å². The summed E-state index contributed by atoms with van der Waals surface area (Å²) in [5, 5.41) is 17.2. The van der Waals surface area contributed by atoms with E-state index < -0.39 is 23.6 Å². The van der Waals surface area contributed by atoms with Crippen LogP contribution in [-0.4, -0.2) is 39.1 Å². The summed E-state index contributed by atoms with van der Waals surface area (Å²) < 4.78 is 40.6. The van der Waals surface area contributed by atoms with E-state index in [1.165, 1.54) is 26.0 Å². The van der Waals surface area contributed by atoms with Crippen LogP contribution >= 0.6 is 0 Å². The van der Waals surface area contributed by atoms with Gasteiger partial charge in [-0.25, -0.2) is 0 Å². The molecule has 0 spiro atoms. The van der Waals surface area contributed by atoms with Gasteiger partial charge in [-0.15, -0.1) is 0 Å². The van der Waals surface area contributed by atoms with Crippen molar-refractivity contribution >= 4 is 17.4 Å². The highest BCUT2D eigenvalue weighted by molar-refractivity contribution is 5.98. The van der Waals surface area contributed by atoms with Crippen molar-refractivity contribution in [3.63, 3.8) is 0 Å². The summed E-state index contributed by atoms with van der Waals surface area (Å²) >= 11 is 0. The number of nitrogens with two attached hydrogens (primary N) is 2. The van der Waals surface area contributed by atoms with E-state index in [1.807, 2.05) is 0 Å². The Kier molecular flexibility index (Phi) is 6.33. The number of aliphatic hydroxyl groups is 1. The molecule has 1 heterocycles.